The van der Waals surface area contributed by atoms with E-state index in [9.17, 15) is 8.42 Å². The van der Waals surface area contributed by atoms with Crippen LogP contribution in [0, 0.1) is 0 Å². The highest BCUT2D eigenvalue weighted by Crippen LogP contribution is 2.16. The van der Waals surface area contributed by atoms with Crippen molar-refractivity contribution in [2.75, 3.05) is 19.5 Å². The molecular formula is C11H16ClNO3S. The van der Waals surface area contributed by atoms with Crippen molar-refractivity contribution in [2.45, 2.75) is 13.0 Å². The molecule has 6 heteroatoms. The number of sulfonamides is 1. The molecule has 4 nitrogen and oxygen atoms in total. The molecule has 0 saturated carbocycles. The molecule has 1 N–H and O–H groups in total. The molecule has 0 bridgehead atoms. The second-order valence-electron chi connectivity index (χ2n) is 3.70. The van der Waals surface area contributed by atoms with Gasteiger partial charge in [0.05, 0.1) is 12.4 Å². The van der Waals surface area contributed by atoms with E-state index in [-0.39, 0.29) is 18.4 Å². The first kappa shape index (κ1) is 14.4. The fourth-order valence-electron chi connectivity index (χ4n) is 1.34. The second-order valence-corrected chi connectivity index (χ2v) is 6.01. The number of halogens is 1. The number of methoxy groups -OCH3 is 1. The van der Waals surface area contributed by atoms with Crippen LogP contribution in [-0.4, -0.2) is 27.9 Å². The van der Waals surface area contributed by atoms with Crippen LogP contribution in [0.1, 0.15) is 18.5 Å². The summed E-state index contributed by atoms with van der Waals surface area (Å²) in [6, 6.07) is 6.78. The summed E-state index contributed by atoms with van der Waals surface area (Å²) < 4.78 is 30.6. The Balaban J connectivity index is 2.65. The summed E-state index contributed by atoms with van der Waals surface area (Å²) in [5.41, 5.74) is 0.871. The first-order valence-corrected chi connectivity index (χ1v) is 7.22. The zero-order valence-electron chi connectivity index (χ0n) is 9.81. The van der Waals surface area contributed by atoms with E-state index in [1.54, 1.807) is 31.2 Å². The average Bonchev–Trinajstić information content (AvgIpc) is 2.26. The molecule has 0 aromatic heterocycles. The topological polar surface area (TPSA) is 55.4 Å². The molecule has 0 spiro atoms. The SMILES string of the molecule is COCCS(=O)(=O)N[C@@H](C)c1ccc(Cl)cc1. The van der Waals surface area contributed by atoms with E-state index >= 15 is 0 Å². The summed E-state index contributed by atoms with van der Waals surface area (Å²) in [5, 5.41) is 0.628. The Kier molecular flexibility index (Phi) is 5.39. The van der Waals surface area contributed by atoms with Crippen molar-refractivity contribution in [3.05, 3.63) is 34.9 Å². The molecule has 0 amide bonds. The molecule has 1 aromatic carbocycles. The predicted molar refractivity (Wildman–Crippen MR) is 68.7 cm³/mol. The normalized spacial score (nSPS) is 13.6. The van der Waals surface area contributed by atoms with Gasteiger partial charge < -0.3 is 4.74 Å². The van der Waals surface area contributed by atoms with Gasteiger partial charge in [0.15, 0.2) is 0 Å². The fraction of sp³-hybridized carbons (Fsp3) is 0.455. The van der Waals surface area contributed by atoms with Crippen LogP contribution in [0.25, 0.3) is 0 Å². The molecule has 96 valence electrons. The van der Waals surface area contributed by atoms with Gasteiger partial charge in [0, 0.05) is 18.2 Å². The first-order valence-electron chi connectivity index (χ1n) is 5.19. The van der Waals surface area contributed by atoms with Crippen LogP contribution in [0.3, 0.4) is 0 Å². The van der Waals surface area contributed by atoms with Gasteiger partial charge in [-0.25, -0.2) is 13.1 Å². The van der Waals surface area contributed by atoms with Gasteiger partial charge in [0.1, 0.15) is 0 Å². The van der Waals surface area contributed by atoms with Crippen molar-refractivity contribution in [3.8, 4) is 0 Å². The van der Waals surface area contributed by atoms with Gasteiger partial charge in [-0.3, -0.25) is 0 Å². The molecule has 1 atom stereocenters. The second kappa shape index (κ2) is 6.35. The van der Waals surface area contributed by atoms with Gasteiger partial charge in [0.25, 0.3) is 0 Å². The van der Waals surface area contributed by atoms with Crippen LogP contribution in [0.5, 0.6) is 0 Å². The van der Waals surface area contributed by atoms with E-state index in [0.717, 1.165) is 5.56 Å². The molecule has 0 unspecified atom stereocenters. The summed E-state index contributed by atoms with van der Waals surface area (Å²) in [7, 11) is -1.84. The van der Waals surface area contributed by atoms with Crippen molar-refractivity contribution >= 4 is 21.6 Å². The maximum atomic E-state index is 11.6. The Hall–Kier alpha value is -0.620. The largest absolute Gasteiger partial charge is 0.384 e. The van der Waals surface area contributed by atoms with Crippen LogP contribution in [0.15, 0.2) is 24.3 Å². The lowest BCUT2D eigenvalue weighted by Gasteiger charge is -2.14. The third kappa shape index (κ3) is 5.04. The van der Waals surface area contributed by atoms with Crippen molar-refractivity contribution in [3.63, 3.8) is 0 Å². The Morgan fingerprint density at radius 1 is 1.35 bits per heavy atom. The van der Waals surface area contributed by atoms with Crippen LogP contribution in [-0.2, 0) is 14.8 Å². The fourth-order valence-corrected chi connectivity index (χ4v) is 2.65. The van der Waals surface area contributed by atoms with E-state index in [2.05, 4.69) is 4.72 Å². The molecule has 17 heavy (non-hydrogen) atoms. The smallest absolute Gasteiger partial charge is 0.214 e. The molecule has 0 aliphatic heterocycles. The molecule has 0 aliphatic carbocycles. The maximum Gasteiger partial charge on any atom is 0.214 e. The molecule has 0 fully saturated rings. The zero-order chi connectivity index (χ0) is 12.9. The van der Waals surface area contributed by atoms with E-state index < -0.39 is 10.0 Å². The lowest BCUT2D eigenvalue weighted by atomic mass is 10.1. The van der Waals surface area contributed by atoms with Gasteiger partial charge in [-0.2, -0.15) is 0 Å². The standard InChI is InChI=1S/C11H16ClNO3S/c1-9(10-3-5-11(12)6-4-10)13-17(14,15)8-7-16-2/h3-6,9,13H,7-8H2,1-2H3/t9-/m0/s1. The average molecular weight is 278 g/mol. The van der Waals surface area contributed by atoms with Crippen molar-refractivity contribution in [1.29, 1.82) is 0 Å². The maximum absolute atomic E-state index is 11.6. The van der Waals surface area contributed by atoms with Crippen molar-refractivity contribution in [1.82, 2.24) is 4.72 Å². The molecule has 1 rings (SSSR count). The monoisotopic (exact) mass is 277 g/mol. The van der Waals surface area contributed by atoms with E-state index in [1.165, 1.54) is 7.11 Å². The molecule has 0 aliphatic rings. The minimum absolute atomic E-state index is 0.0402. The van der Waals surface area contributed by atoms with Crippen molar-refractivity contribution < 1.29 is 13.2 Å². The summed E-state index contributed by atoms with van der Waals surface area (Å²) in [4.78, 5) is 0. The third-order valence-corrected chi connectivity index (χ3v) is 3.95. The minimum Gasteiger partial charge on any atom is -0.384 e. The molecule has 0 heterocycles. The Morgan fingerprint density at radius 3 is 2.47 bits per heavy atom. The third-order valence-electron chi connectivity index (χ3n) is 2.28. The summed E-state index contributed by atoms with van der Waals surface area (Å²) in [5.74, 6) is -0.0402. The van der Waals surface area contributed by atoms with E-state index in [4.69, 9.17) is 16.3 Å². The van der Waals surface area contributed by atoms with Gasteiger partial charge >= 0.3 is 0 Å². The Morgan fingerprint density at radius 2 is 1.94 bits per heavy atom. The number of ether oxygens (including phenoxy) is 1. The van der Waals surface area contributed by atoms with Crippen molar-refractivity contribution in [2.24, 2.45) is 0 Å². The van der Waals surface area contributed by atoms with Crippen LogP contribution < -0.4 is 4.72 Å². The van der Waals surface area contributed by atoms with Gasteiger partial charge in [0.2, 0.25) is 10.0 Å². The minimum atomic E-state index is -3.31. The number of rotatable bonds is 6. The molecule has 0 saturated heterocycles. The van der Waals surface area contributed by atoms with Gasteiger partial charge in [-0.05, 0) is 24.6 Å². The molecule has 1 aromatic rings. The summed E-state index contributed by atoms with van der Waals surface area (Å²) in [6.07, 6.45) is 0. The Bertz CT molecular complexity index is 444. The van der Waals surface area contributed by atoms with E-state index in [1.807, 2.05) is 0 Å². The van der Waals surface area contributed by atoms with Gasteiger partial charge in [-0.15, -0.1) is 0 Å². The zero-order valence-corrected chi connectivity index (χ0v) is 11.4. The van der Waals surface area contributed by atoms with E-state index in [0.29, 0.717) is 5.02 Å². The number of hydrogen-bond donors (Lipinski definition) is 1. The highest BCUT2D eigenvalue weighted by molar-refractivity contribution is 7.89. The highest BCUT2D eigenvalue weighted by atomic mass is 35.5. The number of benzene rings is 1. The van der Waals surface area contributed by atoms with Crippen LogP contribution in [0.2, 0.25) is 5.02 Å². The lowest BCUT2D eigenvalue weighted by Crippen LogP contribution is -2.30. The number of nitrogens with one attached hydrogen (secondary N) is 1. The number of hydrogen-bond acceptors (Lipinski definition) is 3. The highest BCUT2D eigenvalue weighted by Gasteiger charge is 2.15. The Labute approximate surface area is 107 Å². The van der Waals surface area contributed by atoms with Crippen LogP contribution in [0.4, 0.5) is 0 Å². The predicted octanol–water partition coefficient (Wildman–Crippen LogP) is 1.97. The molecule has 0 radical (unpaired) electrons. The molecular weight excluding hydrogens is 262 g/mol. The lowest BCUT2D eigenvalue weighted by molar-refractivity contribution is 0.216. The van der Waals surface area contributed by atoms with Crippen LogP contribution >= 0.6 is 11.6 Å². The summed E-state index contributed by atoms with van der Waals surface area (Å²) >= 11 is 5.76. The first-order chi connectivity index (χ1) is 7.94. The van der Waals surface area contributed by atoms with Gasteiger partial charge in [-0.1, -0.05) is 23.7 Å². The quantitative estimate of drug-likeness (QED) is 0.865. The summed E-state index contributed by atoms with van der Waals surface area (Å²) in [6.45, 7) is 1.97.